The van der Waals surface area contributed by atoms with E-state index in [1.165, 1.54) is 0 Å². The van der Waals surface area contributed by atoms with Crippen LogP contribution in [0.3, 0.4) is 0 Å². The summed E-state index contributed by atoms with van der Waals surface area (Å²) < 4.78 is 1.62. The molecule has 0 aliphatic carbocycles. The van der Waals surface area contributed by atoms with Gasteiger partial charge in [0.25, 0.3) is 0 Å². The minimum atomic E-state index is -1.02. The van der Waals surface area contributed by atoms with Crippen LogP contribution in [-0.4, -0.2) is 55.9 Å². The average molecular weight is 394 g/mol. The first-order valence-electron chi connectivity index (χ1n) is 9.59. The normalized spacial score (nSPS) is 15.9. The molecule has 1 aliphatic rings. The van der Waals surface area contributed by atoms with E-state index in [1.807, 2.05) is 42.5 Å². The summed E-state index contributed by atoms with van der Waals surface area (Å²) in [6, 6.07) is 12.1. The van der Waals surface area contributed by atoms with Crippen molar-refractivity contribution in [2.75, 3.05) is 18.0 Å². The van der Waals surface area contributed by atoms with Gasteiger partial charge in [-0.1, -0.05) is 30.3 Å². The Labute approximate surface area is 167 Å². The molecule has 3 aromatic rings. The monoisotopic (exact) mass is 394 g/mol. The Kier molecular flexibility index (Phi) is 5.37. The molecule has 4 rings (SSSR count). The maximum absolute atomic E-state index is 12.7. The van der Waals surface area contributed by atoms with Gasteiger partial charge in [0.1, 0.15) is 18.2 Å². The molecule has 29 heavy (non-hydrogen) atoms. The number of benzene rings is 1. The number of hydrogen-bond acceptors (Lipinski definition) is 6. The Bertz CT molecular complexity index is 998. The molecule has 9 heteroatoms. The molecule has 1 aliphatic heterocycles. The topological polar surface area (TPSA) is 113 Å². The SMILES string of the molecule is O=C(N[C@@H](Cc1ccccc1)C(=O)O)C1CCN(c2ccc3nncn3n2)CC1. The molecule has 3 heterocycles. The zero-order valence-corrected chi connectivity index (χ0v) is 15.8. The van der Waals surface area contributed by atoms with Crippen molar-refractivity contribution in [1.82, 2.24) is 25.1 Å². The first-order chi connectivity index (χ1) is 14.1. The Morgan fingerprint density at radius 3 is 2.62 bits per heavy atom. The number of hydrogen-bond donors (Lipinski definition) is 2. The first kappa shape index (κ1) is 18.9. The lowest BCUT2D eigenvalue weighted by molar-refractivity contribution is -0.142. The Morgan fingerprint density at radius 1 is 1.14 bits per heavy atom. The van der Waals surface area contributed by atoms with Crippen LogP contribution in [-0.2, 0) is 16.0 Å². The number of nitrogens with one attached hydrogen (secondary N) is 1. The van der Waals surface area contributed by atoms with E-state index >= 15 is 0 Å². The highest BCUT2D eigenvalue weighted by Crippen LogP contribution is 2.22. The Balaban J connectivity index is 1.34. The van der Waals surface area contributed by atoms with Crippen molar-refractivity contribution in [3.05, 3.63) is 54.4 Å². The van der Waals surface area contributed by atoms with Gasteiger partial charge in [-0.25, -0.2) is 4.79 Å². The second-order valence-corrected chi connectivity index (χ2v) is 7.18. The number of anilines is 1. The largest absolute Gasteiger partial charge is 0.480 e. The Hall–Kier alpha value is -3.49. The minimum Gasteiger partial charge on any atom is -0.480 e. The fraction of sp³-hybridized carbons (Fsp3) is 0.350. The van der Waals surface area contributed by atoms with E-state index in [4.69, 9.17) is 0 Å². The van der Waals surface area contributed by atoms with Crippen LogP contribution in [0, 0.1) is 5.92 Å². The third-order valence-corrected chi connectivity index (χ3v) is 5.23. The highest BCUT2D eigenvalue weighted by molar-refractivity contribution is 5.85. The molecule has 0 radical (unpaired) electrons. The number of piperidine rings is 1. The number of carbonyl (C=O) groups excluding carboxylic acids is 1. The van der Waals surface area contributed by atoms with Crippen molar-refractivity contribution in [3.63, 3.8) is 0 Å². The summed E-state index contributed by atoms with van der Waals surface area (Å²) >= 11 is 0. The maximum Gasteiger partial charge on any atom is 0.326 e. The van der Waals surface area contributed by atoms with E-state index < -0.39 is 12.0 Å². The number of rotatable bonds is 6. The quantitative estimate of drug-likeness (QED) is 0.645. The predicted octanol–water partition coefficient (Wildman–Crippen LogP) is 1.15. The number of fused-ring (bicyclic) bond motifs is 1. The predicted molar refractivity (Wildman–Crippen MR) is 105 cm³/mol. The molecule has 150 valence electrons. The lowest BCUT2D eigenvalue weighted by atomic mass is 9.95. The van der Waals surface area contributed by atoms with Gasteiger partial charge in [0.15, 0.2) is 5.65 Å². The fourth-order valence-electron chi connectivity index (χ4n) is 3.60. The number of aliphatic carboxylic acids is 1. The third kappa shape index (κ3) is 4.34. The van der Waals surface area contributed by atoms with Crippen LogP contribution in [0.1, 0.15) is 18.4 Å². The van der Waals surface area contributed by atoms with Gasteiger partial charge < -0.3 is 15.3 Å². The molecule has 1 fully saturated rings. The van der Waals surface area contributed by atoms with E-state index in [-0.39, 0.29) is 18.2 Å². The van der Waals surface area contributed by atoms with Crippen LogP contribution < -0.4 is 10.2 Å². The number of aromatic nitrogens is 4. The molecule has 1 atom stereocenters. The molecular formula is C20H22N6O3. The molecule has 1 aromatic carbocycles. The van der Waals surface area contributed by atoms with Gasteiger partial charge in [-0.05, 0) is 30.5 Å². The van der Waals surface area contributed by atoms with E-state index in [9.17, 15) is 14.7 Å². The zero-order valence-electron chi connectivity index (χ0n) is 15.8. The molecule has 0 saturated carbocycles. The van der Waals surface area contributed by atoms with Gasteiger partial charge in [-0.15, -0.1) is 15.3 Å². The number of carboxylic acid groups (broad SMARTS) is 1. The lowest BCUT2D eigenvalue weighted by Gasteiger charge is -2.32. The molecule has 0 spiro atoms. The summed E-state index contributed by atoms with van der Waals surface area (Å²) in [5.41, 5.74) is 1.56. The number of nitrogens with zero attached hydrogens (tertiary/aromatic N) is 5. The standard InChI is InChI=1S/C20H22N6O3/c27-19(22-16(20(28)29)12-14-4-2-1-3-5-14)15-8-10-25(11-9-15)18-7-6-17-23-21-13-26(17)24-18/h1-7,13,15-16H,8-12H2,(H,22,27)(H,28,29)/t16-/m0/s1. The van der Waals surface area contributed by atoms with Gasteiger partial charge in [-0.2, -0.15) is 4.52 Å². The average Bonchev–Trinajstić information content (AvgIpc) is 3.22. The smallest absolute Gasteiger partial charge is 0.326 e. The second-order valence-electron chi connectivity index (χ2n) is 7.18. The molecule has 0 unspecified atom stereocenters. The van der Waals surface area contributed by atoms with Gasteiger partial charge in [0, 0.05) is 25.4 Å². The van der Waals surface area contributed by atoms with E-state index in [2.05, 4.69) is 25.5 Å². The van der Waals surface area contributed by atoms with Gasteiger partial charge in [0.2, 0.25) is 5.91 Å². The lowest BCUT2D eigenvalue weighted by Crippen LogP contribution is -2.47. The fourth-order valence-corrected chi connectivity index (χ4v) is 3.60. The molecule has 2 N–H and O–H groups in total. The molecule has 1 saturated heterocycles. The van der Waals surface area contributed by atoms with E-state index in [0.29, 0.717) is 31.6 Å². The summed E-state index contributed by atoms with van der Waals surface area (Å²) in [4.78, 5) is 26.4. The van der Waals surface area contributed by atoms with Crippen molar-refractivity contribution in [2.45, 2.75) is 25.3 Å². The Morgan fingerprint density at radius 2 is 1.90 bits per heavy atom. The van der Waals surface area contributed by atoms with Gasteiger partial charge in [-0.3, -0.25) is 4.79 Å². The van der Waals surface area contributed by atoms with E-state index in [0.717, 1.165) is 11.4 Å². The van der Waals surface area contributed by atoms with Crippen molar-refractivity contribution in [3.8, 4) is 0 Å². The van der Waals surface area contributed by atoms with Crippen LogP contribution in [0.25, 0.3) is 5.65 Å². The minimum absolute atomic E-state index is 0.199. The van der Waals surface area contributed by atoms with Crippen LogP contribution in [0.5, 0.6) is 0 Å². The summed E-state index contributed by atoms with van der Waals surface area (Å²) in [5.74, 6) is -0.618. The molecule has 1 amide bonds. The van der Waals surface area contributed by atoms with E-state index in [1.54, 1.807) is 10.8 Å². The molecular weight excluding hydrogens is 372 g/mol. The van der Waals surface area contributed by atoms with Crippen molar-refractivity contribution in [1.29, 1.82) is 0 Å². The highest BCUT2D eigenvalue weighted by atomic mass is 16.4. The molecule has 9 nitrogen and oxygen atoms in total. The molecule has 0 bridgehead atoms. The van der Waals surface area contributed by atoms with Crippen LogP contribution >= 0.6 is 0 Å². The number of carbonyl (C=O) groups is 2. The van der Waals surface area contributed by atoms with Crippen LogP contribution in [0.2, 0.25) is 0 Å². The number of carboxylic acids is 1. The highest BCUT2D eigenvalue weighted by Gasteiger charge is 2.29. The summed E-state index contributed by atoms with van der Waals surface area (Å²) in [7, 11) is 0. The molecule has 2 aromatic heterocycles. The van der Waals surface area contributed by atoms with Crippen LogP contribution in [0.4, 0.5) is 5.82 Å². The van der Waals surface area contributed by atoms with Gasteiger partial charge >= 0.3 is 5.97 Å². The van der Waals surface area contributed by atoms with Crippen LogP contribution in [0.15, 0.2) is 48.8 Å². The third-order valence-electron chi connectivity index (χ3n) is 5.23. The summed E-state index contributed by atoms with van der Waals surface area (Å²) in [6.07, 6.45) is 3.11. The number of amides is 1. The van der Waals surface area contributed by atoms with Crippen molar-refractivity contribution < 1.29 is 14.7 Å². The van der Waals surface area contributed by atoms with Crippen molar-refractivity contribution in [2.24, 2.45) is 5.92 Å². The van der Waals surface area contributed by atoms with Gasteiger partial charge in [0.05, 0.1) is 0 Å². The zero-order chi connectivity index (χ0) is 20.2. The second kappa shape index (κ2) is 8.26. The summed E-state index contributed by atoms with van der Waals surface area (Å²) in [6.45, 7) is 1.35. The first-order valence-corrected chi connectivity index (χ1v) is 9.59. The van der Waals surface area contributed by atoms with Crippen molar-refractivity contribution >= 4 is 23.3 Å². The summed E-state index contributed by atoms with van der Waals surface area (Å²) in [5, 5.41) is 24.5. The maximum atomic E-state index is 12.7.